The van der Waals surface area contributed by atoms with Crippen molar-refractivity contribution >= 4 is 11.6 Å². The fourth-order valence-corrected chi connectivity index (χ4v) is 1.77. The summed E-state index contributed by atoms with van der Waals surface area (Å²) in [6.07, 6.45) is 5.89. The quantitative estimate of drug-likeness (QED) is 0.809. The number of hydrogen-bond acceptors (Lipinski definition) is 2. The molecule has 4 nitrogen and oxygen atoms in total. The molecule has 0 amide bonds. The summed E-state index contributed by atoms with van der Waals surface area (Å²) in [4.78, 5) is 14.8. The lowest BCUT2D eigenvalue weighted by molar-refractivity contribution is 0.0691. The van der Waals surface area contributed by atoms with Crippen molar-refractivity contribution in [1.82, 2.24) is 9.38 Å². The highest BCUT2D eigenvalue weighted by molar-refractivity contribution is 5.86. The minimum atomic E-state index is -0.980. The highest BCUT2D eigenvalue weighted by Crippen LogP contribution is 2.40. The van der Waals surface area contributed by atoms with E-state index in [4.69, 9.17) is 5.11 Å². The number of nitrogens with zero attached hydrogens (tertiary/aromatic N) is 2. The van der Waals surface area contributed by atoms with E-state index in [1.165, 1.54) is 24.6 Å². The molecule has 2 heterocycles. The normalized spacial score (nSPS) is 15.7. The van der Waals surface area contributed by atoms with Crippen LogP contribution in [0.15, 0.2) is 24.5 Å². The fourth-order valence-electron chi connectivity index (χ4n) is 1.77. The maximum Gasteiger partial charge on any atom is 0.356 e. The van der Waals surface area contributed by atoms with Gasteiger partial charge in [0.25, 0.3) is 0 Å². The van der Waals surface area contributed by atoms with Gasteiger partial charge in [-0.2, -0.15) is 0 Å². The third-order valence-corrected chi connectivity index (χ3v) is 2.75. The molecule has 0 radical (unpaired) electrons. The smallest absolute Gasteiger partial charge is 0.356 e. The van der Waals surface area contributed by atoms with E-state index in [1.54, 1.807) is 4.40 Å². The van der Waals surface area contributed by atoms with E-state index in [0.717, 1.165) is 5.65 Å². The van der Waals surface area contributed by atoms with Crippen LogP contribution >= 0.6 is 0 Å². The number of pyridine rings is 1. The first-order valence-electron chi connectivity index (χ1n) is 4.96. The van der Waals surface area contributed by atoms with Crippen LogP contribution in [0.1, 0.15) is 34.8 Å². The third kappa shape index (κ3) is 1.38. The number of carboxylic acid groups (broad SMARTS) is 1. The molecule has 0 unspecified atom stereocenters. The molecule has 4 heteroatoms. The summed E-state index contributed by atoms with van der Waals surface area (Å²) in [5.74, 6) is -0.313. The zero-order valence-corrected chi connectivity index (χ0v) is 8.05. The molecule has 0 atom stereocenters. The van der Waals surface area contributed by atoms with Gasteiger partial charge in [0.1, 0.15) is 5.65 Å². The van der Waals surface area contributed by atoms with Crippen LogP contribution in [0.4, 0.5) is 0 Å². The SMILES string of the molecule is O=C(O)c1cn2ccc(C3CC3)cc2n1. The molecule has 15 heavy (non-hydrogen) atoms. The Bertz CT molecular complexity index is 541. The Hall–Kier alpha value is -1.84. The summed E-state index contributed by atoms with van der Waals surface area (Å²) in [5.41, 5.74) is 2.09. The van der Waals surface area contributed by atoms with E-state index in [9.17, 15) is 4.79 Å². The van der Waals surface area contributed by atoms with Gasteiger partial charge in [0.2, 0.25) is 0 Å². The molecule has 1 aliphatic carbocycles. The van der Waals surface area contributed by atoms with Crippen molar-refractivity contribution in [2.45, 2.75) is 18.8 Å². The van der Waals surface area contributed by atoms with Gasteiger partial charge >= 0.3 is 5.97 Å². The van der Waals surface area contributed by atoms with Crippen LogP contribution in [0.25, 0.3) is 5.65 Å². The van der Waals surface area contributed by atoms with Crippen molar-refractivity contribution in [1.29, 1.82) is 0 Å². The third-order valence-electron chi connectivity index (χ3n) is 2.75. The lowest BCUT2D eigenvalue weighted by Crippen LogP contribution is -1.94. The predicted octanol–water partition coefficient (Wildman–Crippen LogP) is 1.91. The average Bonchev–Trinajstić information content (AvgIpc) is 2.96. The van der Waals surface area contributed by atoms with Crippen molar-refractivity contribution < 1.29 is 9.90 Å². The van der Waals surface area contributed by atoms with Crippen LogP contribution in [0.2, 0.25) is 0 Å². The van der Waals surface area contributed by atoms with Crippen molar-refractivity contribution in [2.75, 3.05) is 0 Å². The van der Waals surface area contributed by atoms with E-state index >= 15 is 0 Å². The van der Waals surface area contributed by atoms with E-state index in [2.05, 4.69) is 4.98 Å². The van der Waals surface area contributed by atoms with Gasteiger partial charge in [0.15, 0.2) is 5.69 Å². The second kappa shape index (κ2) is 2.82. The second-order valence-corrected chi connectivity index (χ2v) is 3.93. The number of rotatable bonds is 2. The van der Waals surface area contributed by atoms with Crippen molar-refractivity contribution in [2.24, 2.45) is 0 Å². The van der Waals surface area contributed by atoms with Gasteiger partial charge in [-0.15, -0.1) is 0 Å². The van der Waals surface area contributed by atoms with E-state index in [1.807, 2.05) is 18.3 Å². The molecule has 1 saturated carbocycles. The molecular formula is C11H10N2O2. The van der Waals surface area contributed by atoms with E-state index < -0.39 is 5.97 Å². The summed E-state index contributed by atoms with van der Waals surface area (Å²) < 4.78 is 1.75. The molecule has 76 valence electrons. The monoisotopic (exact) mass is 202 g/mol. The van der Waals surface area contributed by atoms with Crippen LogP contribution in [0.3, 0.4) is 0 Å². The van der Waals surface area contributed by atoms with Gasteiger partial charge in [0, 0.05) is 12.4 Å². The Kier molecular flexibility index (Phi) is 1.59. The van der Waals surface area contributed by atoms with Crippen molar-refractivity contribution in [3.05, 3.63) is 35.8 Å². The molecule has 0 aliphatic heterocycles. The maximum absolute atomic E-state index is 10.7. The second-order valence-electron chi connectivity index (χ2n) is 3.93. The van der Waals surface area contributed by atoms with Crippen LogP contribution in [-0.2, 0) is 0 Å². The number of aromatic nitrogens is 2. The van der Waals surface area contributed by atoms with E-state index in [-0.39, 0.29) is 5.69 Å². The first kappa shape index (κ1) is 8.47. The summed E-state index contributed by atoms with van der Waals surface area (Å²) in [7, 11) is 0. The Morgan fingerprint density at radius 3 is 3.00 bits per heavy atom. The molecule has 1 fully saturated rings. The van der Waals surface area contributed by atoms with Crippen molar-refractivity contribution in [3.8, 4) is 0 Å². The summed E-state index contributed by atoms with van der Waals surface area (Å²) in [6.45, 7) is 0. The maximum atomic E-state index is 10.7. The predicted molar refractivity (Wildman–Crippen MR) is 54.1 cm³/mol. The lowest BCUT2D eigenvalue weighted by atomic mass is 10.2. The zero-order chi connectivity index (χ0) is 10.4. The standard InChI is InChI=1S/C11H10N2O2/c14-11(15)9-6-13-4-3-8(7-1-2-7)5-10(13)12-9/h3-7H,1-2H2,(H,14,15). The van der Waals surface area contributed by atoms with E-state index in [0.29, 0.717) is 5.92 Å². The van der Waals surface area contributed by atoms with Crippen LogP contribution < -0.4 is 0 Å². The summed E-state index contributed by atoms with van der Waals surface area (Å²) in [5, 5.41) is 8.80. The van der Waals surface area contributed by atoms with Gasteiger partial charge in [0.05, 0.1) is 0 Å². The largest absolute Gasteiger partial charge is 0.476 e. The number of aromatic carboxylic acids is 1. The molecule has 0 saturated heterocycles. The molecule has 1 N–H and O–H groups in total. The summed E-state index contributed by atoms with van der Waals surface area (Å²) >= 11 is 0. The van der Waals surface area contributed by atoms with Crippen LogP contribution in [0, 0.1) is 0 Å². The number of hydrogen-bond donors (Lipinski definition) is 1. The van der Waals surface area contributed by atoms with Crippen LogP contribution in [-0.4, -0.2) is 20.5 Å². The van der Waals surface area contributed by atoms with Gasteiger partial charge in [-0.1, -0.05) is 0 Å². The number of imidazole rings is 1. The van der Waals surface area contributed by atoms with Gasteiger partial charge in [-0.25, -0.2) is 9.78 Å². The minimum Gasteiger partial charge on any atom is -0.476 e. The molecule has 0 aromatic carbocycles. The topological polar surface area (TPSA) is 54.6 Å². The van der Waals surface area contributed by atoms with Gasteiger partial charge < -0.3 is 9.51 Å². The fraction of sp³-hybridized carbons (Fsp3) is 0.273. The summed E-state index contributed by atoms with van der Waals surface area (Å²) in [6, 6.07) is 4.02. The molecule has 2 aromatic rings. The number of fused-ring (bicyclic) bond motifs is 1. The molecular weight excluding hydrogens is 192 g/mol. The molecule has 0 spiro atoms. The molecule has 0 bridgehead atoms. The average molecular weight is 202 g/mol. The Morgan fingerprint density at radius 2 is 2.33 bits per heavy atom. The highest BCUT2D eigenvalue weighted by Gasteiger charge is 2.23. The first-order chi connectivity index (χ1) is 7.24. The molecule has 1 aliphatic rings. The zero-order valence-electron chi connectivity index (χ0n) is 8.05. The Balaban J connectivity index is 2.13. The van der Waals surface area contributed by atoms with Gasteiger partial charge in [-0.3, -0.25) is 0 Å². The van der Waals surface area contributed by atoms with Crippen LogP contribution in [0.5, 0.6) is 0 Å². The Labute approximate surface area is 86.2 Å². The first-order valence-corrected chi connectivity index (χ1v) is 4.96. The lowest BCUT2D eigenvalue weighted by Gasteiger charge is -1.97. The Morgan fingerprint density at radius 1 is 1.53 bits per heavy atom. The number of carboxylic acids is 1. The minimum absolute atomic E-state index is 0.1000. The highest BCUT2D eigenvalue weighted by atomic mass is 16.4. The molecule has 3 rings (SSSR count). The van der Waals surface area contributed by atoms with Gasteiger partial charge in [-0.05, 0) is 36.5 Å². The van der Waals surface area contributed by atoms with Crippen molar-refractivity contribution in [3.63, 3.8) is 0 Å². The molecule has 2 aromatic heterocycles. The number of carbonyl (C=O) groups is 1.